The van der Waals surface area contributed by atoms with Crippen LogP contribution in [0.4, 0.5) is 43.9 Å². The van der Waals surface area contributed by atoms with Crippen molar-refractivity contribution in [2.75, 3.05) is 13.6 Å². The Hall–Kier alpha value is -2.30. The van der Waals surface area contributed by atoms with Gasteiger partial charge in [0.05, 0.1) is 11.1 Å². The molecule has 1 N–H and O–H groups in total. The van der Waals surface area contributed by atoms with Gasteiger partial charge in [0.2, 0.25) is 11.6 Å². The van der Waals surface area contributed by atoms with Crippen LogP contribution in [0.2, 0.25) is 0 Å². The maximum absolute atomic E-state index is 13.4. The van der Waals surface area contributed by atoms with E-state index in [9.17, 15) is 43.9 Å². The number of halogens is 10. The molecule has 0 radical (unpaired) electrons. The Labute approximate surface area is 165 Å². The van der Waals surface area contributed by atoms with E-state index < -0.39 is 69.3 Å². The molecule has 30 heavy (non-hydrogen) atoms. The lowest BCUT2D eigenvalue weighted by atomic mass is 10.0. The molecule has 0 aliphatic rings. The van der Waals surface area contributed by atoms with Gasteiger partial charge in [0.1, 0.15) is 0 Å². The first-order valence-electron chi connectivity index (χ1n) is 8.70. The monoisotopic (exact) mass is 449 g/mol. The molecule has 1 nitrogen and oxygen atoms in total. The van der Waals surface area contributed by atoms with Crippen LogP contribution in [0.3, 0.4) is 0 Å². The molecule has 168 valence electrons. The van der Waals surface area contributed by atoms with E-state index in [1.165, 1.54) is 32.2 Å². The lowest BCUT2D eigenvalue weighted by Crippen LogP contribution is -2.10. The van der Waals surface area contributed by atoms with Crippen LogP contribution in [0.15, 0.2) is 0 Å². The fourth-order valence-corrected chi connectivity index (χ4v) is 2.38. The summed E-state index contributed by atoms with van der Waals surface area (Å²) in [6.45, 7) is 3.42. The van der Waals surface area contributed by atoms with Gasteiger partial charge in [-0.15, -0.1) is 0 Å². The van der Waals surface area contributed by atoms with E-state index in [4.69, 9.17) is 0 Å². The molecular weight excluding hydrogens is 432 g/mol. The standard InChI is InChI=1S/C12F10.C7H17N/c13-3-1(4(14)8(18)11(21)7(3)17)2-5(15)9(19)12(22)10(20)6(2)16;1-3-4-5-6-7-8-2/h;8H,3-7H2,1-2H3. The number of unbranched alkanes of at least 4 members (excludes halogenated alkanes) is 3. The van der Waals surface area contributed by atoms with E-state index in [1.54, 1.807) is 0 Å². The SMILES string of the molecule is CCCCCCNC.Fc1c(F)c(F)c(-c2c(F)c(F)c(F)c(F)c2F)c(F)c1F. The van der Waals surface area contributed by atoms with Crippen LogP contribution < -0.4 is 5.32 Å². The van der Waals surface area contributed by atoms with Crippen molar-refractivity contribution in [3.8, 4) is 11.1 Å². The van der Waals surface area contributed by atoms with Gasteiger partial charge in [-0.1, -0.05) is 26.2 Å². The highest BCUT2D eigenvalue weighted by Gasteiger charge is 2.34. The van der Waals surface area contributed by atoms with Crippen LogP contribution in [0.25, 0.3) is 11.1 Å². The Bertz CT molecular complexity index is 766. The van der Waals surface area contributed by atoms with E-state index in [-0.39, 0.29) is 0 Å². The first-order valence-corrected chi connectivity index (χ1v) is 8.70. The van der Waals surface area contributed by atoms with Crippen molar-refractivity contribution in [2.45, 2.75) is 32.6 Å². The molecule has 0 fully saturated rings. The first kappa shape index (κ1) is 25.7. The molecule has 0 aromatic heterocycles. The second kappa shape index (κ2) is 11.2. The number of benzene rings is 2. The fourth-order valence-electron chi connectivity index (χ4n) is 2.38. The van der Waals surface area contributed by atoms with Crippen LogP contribution in [0.5, 0.6) is 0 Å². The molecule has 0 heterocycles. The Balaban J connectivity index is 0.000000479. The summed E-state index contributed by atoms with van der Waals surface area (Å²) in [4.78, 5) is 0. The van der Waals surface area contributed by atoms with Gasteiger partial charge in [-0.25, -0.2) is 43.9 Å². The molecule has 2 rings (SSSR count). The Morgan fingerprint density at radius 2 is 0.767 bits per heavy atom. The van der Waals surface area contributed by atoms with E-state index >= 15 is 0 Å². The van der Waals surface area contributed by atoms with Gasteiger partial charge in [-0.05, 0) is 20.0 Å². The predicted octanol–water partition coefficient (Wildman–Crippen LogP) is 6.53. The van der Waals surface area contributed by atoms with E-state index in [0.29, 0.717) is 0 Å². The van der Waals surface area contributed by atoms with E-state index in [1.807, 2.05) is 7.05 Å². The Morgan fingerprint density at radius 1 is 0.467 bits per heavy atom. The topological polar surface area (TPSA) is 12.0 Å². The molecular formula is C19H17F10N. The summed E-state index contributed by atoms with van der Waals surface area (Å²) in [5, 5.41) is 3.13. The third kappa shape index (κ3) is 5.24. The second-order valence-corrected chi connectivity index (χ2v) is 6.05. The summed E-state index contributed by atoms with van der Waals surface area (Å²) in [5.74, 6) is -26.6. The third-order valence-corrected chi connectivity index (χ3v) is 3.95. The van der Waals surface area contributed by atoms with Gasteiger partial charge in [-0.2, -0.15) is 0 Å². The second-order valence-electron chi connectivity index (χ2n) is 6.05. The zero-order valence-electron chi connectivity index (χ0n) is 15.8. The molecule has 2 aromatic carbocycles. The molecule has 0 aliphatic carbocycles. The smallest absolute Gasteiger partial charge is 0.200 e. The highest BCUT2D eigenvalue weighted by molar-refractivity contribution is 5.67. The van der Waals surface area contributed by atoms with Crippen molar-refractivity contribution in [2.24, 2.45) is 0 Å². The van der Waals surface area contributed by atoms with Crippen molar-refractivity contribution in [1.29, 1.82) is 0 Å². The molecule has 0 bridgehead atoms. The Morgan fingerprint density at radius 3 is 1.03 bits per heavy atom. The minimum absolute atomic E-state index is 1.18. The zero-order chi connectivity index (χ0) is 23.2. The van der Waals surface area contributed by atoms with Crippen molar-refractivity contribution in [1.82, 2.24) is 5.32 Å². The summed E-state index contributed by atoms with van der Waals surface area (Å²) in [6, 6.07) is 0. The quantitative estimate of drug-likeness (QED) is 0.229. The average Bonchev–Trinajstić information content (AvgIpc) is 2.74. The van der Waals surface area contributed by atoms with Crippen LogP contribution in [0.1, 0.15) is 32.6 Å². The minimum atomic E-state index is -2.68. The minimum Gasteiger partial charge on any atom is -0.320 e. The Kier molecular flexibility index (Phi) is 9.60. The van der Waals surface area contributed by atoms with Crippen molar-refractivity contribution >= 4 is 0 Å². The molecule has 0 atom stereocenters. The van der Waals surface area contributed by atoms with E-state index in [2.05, 4.69) is 12.2 Å². The van der Waals surface area contributed by atoms with Crippen molar-refractivity contribution in [3.63, 3.8) is 0 Å². The molecule has 0 aliphatic heterocycles. The third-order valence-electron chi connectivity index (χ3n) is 3.95. The van der Waals surface area contributed by atoms with Gasteiger partial charge >= 0.3 is 0 Å². The normalized spacial score (nSPS) is 10.8. The maximum Gasteiger partial charge on any atom is 0.200 e. The van der Waals surface area contributed by atoms with Gasteiger partial charge in [-0.3, -0.25) is 0 Å². The highest BCUT2D eigenvalue weighted by atomic mass is 19.2. The van der Waals surface area contributed by atoms with Crippen LogP contribution in [-0.2, 0) is 0 Å². The molecule has 11 heteroatoms. The van der Waals surface area contributed by atoms with Gasteiger partial charge in [0.25, 0.3) is 0 Å². The van der Waals surface area contributed by atoms with Crippen molar-refractivity contribution < 1.29 is 43.9 Å². The molecule has 0 spiro atoms. The number of nitrogens with one attached hydrogen (secondary N) is 1. The van der Waals surface area contributed by atoms with Crippen molar-refractivity contribution in [3.05, 3.63) is 58.2 Å². The maximum atomic E-state index is 13.4. The average molecular weight is 449 g/mol. The lowest BCUT2D eigenvalue weighted by Gasteiger charge is -2.11. The fraction of sp³-hybridized carbons (Fsp3) is 0.368. The highest BCUT2D eigenvalue weighted by Crippen LogP contribution is 2.37. The van der Waals surface area contributed by atoms with Crippen LogP contribution >= 0.6 is 0 Å². The molecule has 0 amide bonds. The largest absolute Gasteiger partial charge is 0.320 e. The van der Waals surface area contributed by atoms with Gasteiger partial charge in [0, 0.05) is 0 Å². The number of rotatable bonds is 6. The summed E-state index contributed by atoms with van der Waals surface area (Å²) in [5.41, 5.74) is -4.52. The number of hydrogen-bond donors (Lipinski definition) is 1. The van der Waals surface area contributed by atoms with Crippen LogP contribution in [0, 0.1) is 58.2 Å². The first-order chi connectivity index (χ1) is 14.0. The summed E-state index contributed by atoms with van der Waals surface area (Å²) >= 11 is 0. The zero-order valence-corrected chi connectivity index (χ0v) is 15.8. The predicted molar refractivity (Wildman–Crippen MR) is 89.5 cm³/mol. The summed E-state index contributed by atoms with van der Waals surface area (Å²) in [6.07, 6.45) is 5.45. The molecule has 0 saturated heterocycles. The number of hydrogen-bond acceptors (Lipinski definition) is 1. The lowest BCUT2D eigenvalue weighted by molar-refractivity contribution is 0.370. The molecule has 2 aromatic rings. The van der Waals surface area contributed by atoms with Gasteiger partial charge in [0.15, 0.2) is 46.5 Å². The molecule has 0 saturated carbocycles. The van der Waals surface area contributed by atoms with E-state index in [0.717, 1.165) is 0 Å². The molecule has 0 unspecified atom stereocenters. The van der Waals surface area contributed by atoms with Gasteiger partial charge < -0.3 is 5.32 Å². The summed E-state index contributed by atoms with van der Waals surface area (Å²) < 4.78 is 131. The van der Waals surface area contributed by atoms with Crippen LogP contribution in [-0.4, -0.2) is 13.6 Å². The summed E-state index contributed by atoms with van der Waals surface area (Å²) in [7, 11) is 2.01.